The van der Waals surface area contributed by atoms with E-state index in [1.165, 1.54) is 0 Å². The van der Waals surface area contributed by atoms with Crippen molar-refractivity contribution in [3.63, 3.8) is 0 Å². The van der Waals surface area contributed by atoms with Gasteiger partial charge < -0.3 is 15.3 Å². The van der Waals surface area contributed by atoms with Crippen LogP contribution < -0.4 is 10.2 Å². The molecule has 2 rings (SSSR count). The molecule has 2 atom stereocenters. The fourth-order valence-corrected chi connectivity index (χ4v) is 2.34. The summed E-state index contributed by atoms with van der Waals surface area (Å²) in [6.45, 7) is 4.51. The summed E-state index contributed by atoms with van der Waals surface area (Å²) in [6.07, 6.45) is 5.77. The maximum Gasteiger partial charge on any atom is 0.243 e. The molecule has 0 aromatic carbocycles. The Morgan fingerprint density at radius 2 is 2.25 bits per heavy atom. The maximum atomic E-state index is 12.4. The molecule has 1 amide bonds. The van der Waals surface area contributed by atoms with Crippen LogP contribution in [0.1, 0.15) is 33.1 Å². The monoisotopic (exact) mass is 278 g/mol. The molecule has 1 aliphatic rings. The lowest BCUT2D eigenvalue weighted by Crippen LogP contribution is -2.54. The molecule has 1 aromatic rings. The summed E-state index contributed by atoms with van der Waals surface area (Å²) in [7, 11) is 0. The molecule has 0 saturated carbocycles. The standard InChI is InChI=1S/C14H22N4O2/c1-3-14(2,10-19)17-12(20)11-6-4-9-18(11)13-15-7-5-8-16-13/h5,7-8,11,19H,3-4,6,9-10H2,1-2H3,(H,17,20). The Balaban J connectivity index is 2.09. The van der Waals surface area contributed by atoms with Gasteiger partial charge in [0.1, 0.15) is 6.04 Å². The average Bonchev–Trinajstić information content (AvgIpc) is 2.97. The number of nitrogens with zero attached hydrogens (tertiary/aromatic N) is 3. The largest absolute Gasteiger partial charge is 0.394 e. The van der Waals surface area contributed by atoms with Gasteiger partial charge in [-0.2, -0.15) is 0 Å². The van der Waals surface area contributed by atoms with E-state index in [-0.39, 0.29) is 18.6 Å². The molecule has 1 fully saturated rings. The van der Waals surface area contributed by atoms with Gasteiger partial charge in [0.25, 0.3) is 0 Å². The van der Waals surface area contributed by atoms with E-state index in [0.29, 0.717) is 12.4 Å². The van der Waals surface area contributed by atoms with E-state index < -0.39 is 5.54 Å². The summed E-state index contributed by atoms with van der Waals surface area (Å²) < 4.78 is 0. The Morgan fingerprint density at radius 1 is 1.55 bits per heavy atom. The summed E-state index contributed by atoms with van der Waals surface area (Å²) in [5.41, 5.74) is -0.567. The second kappa shape index (κ2) is 6.17. The van der Waals surface area contributed by atoms with Crippen molar-refractivity contribution in [2.75, 3.05) is 18.1 Å². The van der Waals surface area contributed by atoms with Gasteiger partial charge in [-0.3, -0.25) is 4.79 Å². The zero-order chi connectivity index (χ0) is 14.6. The van der Waals surface area contributed by atoms with Gasteiger partial charge in [-0.25, -0.2) is 9.97 Å². The molecule has 1 aliphatic heterocycles. The number of aromatic nitrogens is 2. The molecule has 2 heterocycles. The molecule has 1 aromatic heterocycles. The first-order valence-electron chi connectivity index (χ1n) is 7.06. The zero-order valence-electron chi connectivity index (χ0n) is 12.0. The second-order valence-corrected chi connectivity index (χ2v) is 5.46. The Hall–Kier alpha value is -1.69. The lowest BCUT2D eigenvalue weighted by molar-refractivity contribution is -0.124. The van der Waals surface area contributed by atoms with Crippen LogP contribution in [0.4, 0.5) is 5.95 Å². The Morgan fingerprint density at radius 3 is 2.85 bits per heavy atom. The van der Waals surface area contributed by atoms with Crippen LogP contribution >= 0.6 is 0 Å². The number of nitrogens with one attached hydrogen (secondary N) is 1. The van der Waals surface area contributed by atoms with Gasteiger partial charge in [-0.05, 0) is 32.3 Å². The van der Waals surface area contributed by atoms with Crippen LogP contribution in [0.25, 0.3) is 0 Å². The van der Waals surface area contributed by atoms with Crippen molar-refractivity contribution >= 4 is 11.9 Å². The molecule has 2 unspecified atom stereocenters. The SMILES string of the molecule is CCC(C)(CO)NC(=O)C1CCCN1c1ncccn1. The fourth-order valence-electron chi connectivity index (χ4n) is 2.34. The smallest absolute Gasteiger partial charge is 0.243 e. The zero-order valence-corrected chi connectivity index (χ0v) is 12.0. The number of hydrogen-bond acceptors (Lipinski definition) is 5. The summed E-state index contributed by atoms with van der Waals surface area (Å²) in [6, 6.07) is 1.50. The third-order valence-corrected chi connectivity index (χ3v) is 3.92. The van der Waals surface area contributed by atoms with Crippen LogP contribution in [0.15, 0.2) is 18.5 Å². The normalized spacial score (nSPS) is 21.6. The highest BCUT2D eigenvalue weighted by atomic mass is 16.3. The van der Waals surface area contributed by atoms with Gasteiger partial charge in [0.05, 0.1) is 12.1 Å². The van der Waals surface area contributed by atoms with Gasteiger partial charge in [-0.1, -0.05) is 6.92 Å². The number of aliphatic hydroxyl groups is 1. The molecule has 0 aliphatic carbocycles. The van der Waals surface area contributed by atoms with Crippen molar-refractivity contribution in [2.24, 2.45) is 0 Å². The fraction of sp³-hybridized carbons (Fsp3) is 0.643. The number of anilines is 1. The van der Waals surface area contributed by atoms with Crippen molar-refractivity contribution in [2.45, 2.75) is 44.7 Å². The van der Waals surface area contributed by atoms with Crippen LogP contribution in [0, 0.1) is 0 Å². The summed E-state index contributed by atoms with van der Waals surface area (Å²) in [5.74, 6) is 0.528. The average molecular weight is 278 g/mol. The van der Waals surface area contributed by atoms with Crippen molar-refractivity contribution in [3.8, 4) is 0 Å². The van der Waals surface area contributed by atoms with E-state index in [1.54, 1.807) is 18.5 Å². The van der Waals surface area contributed by atoms with Crippen LogP contribution in [-0.2, 0) is 4.79 Å². The van der Waals surface area contributed by atoms with Crippen molar-refractivity contribution in [3.05, 3.63) is 18.5 Å². The van der Waals surface area contributed by atoms with Gasteiger partial charge in [0, 0.05) is 18.9 Å². The first kappa shape index (κ1) is 14.7. The van der Waals surface area contributed by atoms with E-state index in [9.17, 15) is 9.90 Å². The van der Waals surface area contributed by atoms with Crippen molar-refractivity contribution < 1.29 is 9.90 Å². The third kappa shape index (κ3) is 3.07. The highest BCUT2D eigenvalue weighted by molar-refractivity contribution is 5.85. The number of carbonyl (C=O) groups excluding carboxylic acids is 1. The van der Waals surface area contributed by atoms with E-state index in [0.717, 1.165) is 19.4 Å². The van der Waals surface area contributed by atoms with E-state index in [4.69, 9.17) is 0 Å². The Kier molecular flexibility index (Phi) is 4.54. The van der Waals surface area contributed by atoms with Crippen LogP contribution in [0.2, 0.25) is 0 Å². The Labute approximate surface area is 119 Å². The van der Waals surface area contributed by atoms with E-state index in [1.807, 2.05) is 18.7 Å². The first-order chi connectivity index (χ1) is 9.59. The molecule has 6 heteroatoms. The van der Waals surface area contributed by atoms with Gasteiger partial charge >= 0.3 is 0 Å². The predicted molar refractivity (Wildman–Crippen MR) is 76.3 cm³/mol. The topological polar surface area (TPSA) is 78.4 Å². The molecular weight excluding hydrogens is 256 g/mol. The minimum absolute atomic E-state index is 0.0617. The third-order valence-electron chi connectivity index (χ3n) is 3.92. The molecule has 1 saturated heterocycles. The number of hydrogen-bond donors (Lipinski definition) is 2. The molecule has 110 valence electrons. The molecule has 0 bridgehead atoms. The number of aliphatic hydroxyl groups excluding tert-OH is 1. The predicted octanol–water partition coefficient (Wildman–Crippen LogP) is 0.723. The van der Waals surface area contributed by atoms with Crippen LogP contribution in [0.3, 0.4) is 0 Å². The highest BCUT2D eigenvalue weighted by Crippen LogP contribution is 2.22. The molecule has 2 N–H and O–H groups in total. The second-order valence-electron chi connectivity index (χ2n) is 5.46. The quantitative estimate of drug-likeness (QED) is 0.830. The van der Waals surface area contributed by atoms with Gasteiger partial charge in [-0.15, -0.1) is 0 Å². The van der Waals surface area contributed by atoms with Gasteiger partial charge in [0.2, 0.25) is 11.9 Å². The minimum Gasteiger partial charge on any atom is -0.394 e. The molecule has 6 nitrogen and oxygen atoms in total. The van der Waals surface area contributed by atoms with E-state index in [2.05, 4.69) is 15.3 Å². The van der Waals surface area contributed by atoms with E-state index >= 15 is 0 Å². The van der Waals surface area contributed by atoms with Crippen LogP contribution in [0.5, 0.6) is 0 Å². The Bertz CT molecular complexity index is 448. The summed E-state index contributed by atoms with van der Waals surface area (Å²) >= 11 is 0. The maximum absolute atomic E-state index is 12.4. The minimum atomic E-state index is -0.567. The molecular formula is C14H22N4O2. The lowest BCUT2D eigenvalue weighted by atomic mass is 9.99. The van der Waals surface area contributed by atoms with Crippen molar-refractivity contribution in [1.82, 2.24) is 15.3 Å². The van der Waals surface area contributed by atoms with Crippen molar-refractivity contribution in [1.29, 1.82) is 0 Å². The molecule has 0 radical (unpaired) electrons. The lowest BCUT2D eigenvalue weighted by Gasteiger charge is -2.31. The highest BCUT2D eigenvalue weighted by Gasteiger charge is 2.35. The molecule has 0 spiro atoms. The number of rotatable bonds is 5. The summed E-state index contributed by atoms with van der Waals surface area (Å²) in [4.78, 5) is 22.8. The number of carbonyl (C=O) groups is 1. The number of amides is 1. The molecule has 20 heavy (non-hydrogen) atoms. The van der Waals surface area contributed by atoms with Gasteiger partial charge in [0.15, 0.2) is 0 Å². The first-order valence-corrected chi connectivity index (χ1v) is 7.06. The summed E-state index contributed by atoms with van der Waals surface area (Å²) in [5, 5.41) is 12.4. The van der Waals surface area contributed by atoms with Crippen LogP contribution in [-0.4, -0.2) is 45.7 Å².